The second-order valence-electron chi connectivity index (χ2n) is 15.3. The van der Waals surface area contributed by atoms with E-state index in [9.17, 15) is 35.9 Å². The number of piperidine rings is 1. The van der Waals surface area contributed by atoms with Gasteiger partial charge < -0.3 is 36.4 Å². The first kappa shape index (κ1) is 49.7. The van der Waals surface area contributed by atoms with E-state index in [1.54, 1.807) is 35.2 Å². The molecule has 1 saturated carbocycles. The van der Waals surface area contributed by atoms with Gasteiger partial charge in [0.1, 0.15) is 34.6 Å². The highest BCUT2D eigenvalue weighted by molar-refractivity contribution is 5.94. The summed E-state index contributed by atoms with van der Waals surface area (Å²) in [6, 6.07) is 28.3. The number of carboxylic acid groups (broad SMARTS) is 1. The Morgan fingerprint density at radius 2 is 0.879 bits per heavy atom. The average Bonchev–Trinajstić information content (AvgIpc) is 3.30. The number of likely N-dealkylation sites (tertiary alicyclic amines) is 1. The molecule has 13 nitrogen and oxygen atoms in total. The molecule has 2 fully saturated rings. The molecule has 0 unspecified atom stereocenters. The quantitative estimate of drug-likeness (QED) is 0.122. The zero-order chi connectivity index (χ0) is 46.6. The van der Waals surface area contributed by atoms with Crippen molar-refractivity contribution >= 4 is 23.5 Å². The van der Waals surface area contributed by atoms with Gasteiger partial charge in [0.2, 0.25) is 0 Å². The number of carbonyl (C=O) groups excluding carboxylic acids is 1. The molecule has 348 valence electrons. The van der Waals surface area contributed by atoms with E-state index in [0.29, 0.717) is 47.7 Å². The number of anilines is 2. The third kappa shape index (κ3) is 14.4. The standard InChI is InChI=1S/C23H21F3N4O2.C14H9F3O3.C10H15N3.H2O/c24-23(25,26)17-3-7-19(8-4-17)32-18-5-1-16(2-6-18)22(31)30-13-11-15(12-14-30)20-9-10-21(27)29-28-20;15-14(16,17)10-3-7-12(8-4-10)20-11-5-1-9(2-6-11)13(18)19;11-10-7-6-9(12-13-10)8-4-2-1-3-5-8;/h1-10,15H,11-14H2,(H2,27,29);1-8H,(H,18,19);6-8H,1-5H2,(H2,11,13);1H2. The molecule has 0 radical (unpaired) electrons. The lowest BCUT2D eigenvalue weighted by Crippen LogP contribution is -2.38. The topological polar surface area (TPSA) is 211 Å². The highest BCUT2D eigenvalue weighted by Crippen LogP contribution is 2.34. The molecule has 19 heteroatoms. The van der Waals surface area contributed by atoms with Crippen LogP contribution in [0.4, 0.5) is 38.0 Å². The highest BCUT2D eigenvalue weighted by Gasteiger charge is 2.31. The van der Waals surface area contributed by atoms with Crippen LogP contribution in [0.2, 0.25) is 0 Å². The van der Waals surface area contributed by atoms with E-state index < -0.39 is 29.4 Å². The minimum Gasteiger partial charge on any atom is -0.478 e. The molecule has 3 heterocycles. The molecule has 66 heavy (non-hydrogen) atoms. The summed E-state index contributed by atoms with van der Waals surface area (Å²) in [4.78, 5) is 25.3. The van der Waals surface area contributed by atoms with Crippen LogP contribution >= 0.6 is 0 Å². The van der Waals surface area contributed by atoms with Gasteiger partial charge in [0, 0.05) is 30.5 Å². The number of benzene rings is 4. The van der Waals surface area contributed by atoms with E-state index in [1.807, 2.05) is 18.2 Å². The van der Waals surface area contributed by atoms with Crippen molar-refractivity contribution in [1.82, 2.24) is 25.3 Å². The Hall–Kier alpha value is -7.28. The monoisotopic (exact) mass is 919 g/mol. The summed E-state index contributed by atoms with van der Waals surface area (Å²) >= 11 is 0. The SMILES string of the molecule is Nc1ccc(C2CCCCC2)nn1.Nc1ccc(C2CCN(C(=O)c3ccc(Oc4ccc(C(F)(F)F)cc4)cc3)CC2)nn1.O.O=C(O)c1ccc(Oc2ccc(C(F)(F)F)cc2)cc1. The van der Waals surface area contributed by atoms with Crippen LogP contribution in [0.3, 0.4) is 0 Å². The number of carbonyl (C=O) groups is 2. The Bertz CT molecular complexity index is 2440. The van der Waals surface area contributed by atoms with Crippen LogP contribution in [0.1, 0.15) is 100 Å². The summed E-state index contributed by atoms with van der Waals surface area (Å²) in [5.41, 5.74) is 12.2. The molecule has 2 aromatic heterocycles. The summed E-state index contributed by atoms with van der Waals surface area (Å²) in [7, 11) is 0. The second kappa shape index (κ2) is 22.6. The summed E-state index contributed by atoms with van der Waals surface area (Å²) in [5.74, 6) is 1.92. The zero-order valence-corrected chi connectivity index (χ0v) is 35.3. The molecule has 6 aromatic rings. The normalized spacial score (nSPS) is 14.3. The number of aromatic carboxylic acids is 1. The number of amides is 1. The Balaban J connectivity index is 0.000000204. The van der Waals surface area contributed by atoms with Crippen LogP contribution < -0.4 is 20.9 Å². The fourth-order valence-corrected chi connectivity index (χ4v) is 7.13. The van der Waals surface area contributed by atoms with Gasteiger partial charge in [-0.3, -0.25) is 4.79 Å². The Kier molecular flexibility index (Phi) is 17.0. The third-order valence-corrected chi connectivity index (χ3v) is 10.7. The van der Waals surface area contributed by atoms with Crippen molar-refractivity contribution in [3.05, 3.63) is 155 Å². The van der Waals surface area contributed by atoms with Gasteiger partial charge in [0.15, 0.2) is 0 Å². The number of nitrogen functional groups attached to an aromatic ring is 2. The number of alkyl halides is 6. The Labute approximate surface area is 375 Å². The molecular weight excluding hydrogens is 873 g/mol. The summed E-state index contributed by atoms with van der Waals surface area (Å²) < 4.78 is 86.0. The van der Waals surface area contributed by atoms with Crippen LogP contribution in [0.15, 0.2) is 121 Å². The molecule has 0 atom stereocenters. The maximum absolute atomic E-state index is 12.8. The predicted molar refractivity (Wildman–Crippen MR) is 233 cm³/mol. The molecule has 1 aliphatic heterocycles. The first-order valence-corrected chi connectivity index (χ1v) is 20.6. The van der Waals surface area contributed by atoms with Crippen molar-refractivity contribution < 1.29 is 56.0 Å². The second-order valence-corrected chi connectivity index (χ2v) is 15.3. The van der Waals surface area contributed by atoms with Crippen molar-refractivity contribution in [1.29, 1.82) is 0 Å². The molecule has 1 saturated heterocycles. The summed E-state index contributed by atoms with van der Waals surface area (Å²) in [6.45, 7) is 1.22. The number of hydrogen-bond donors (Lipinski definition) is 3. The minimum atomic E-state index is -4.39. The largest absolute Gasteiger partial charge is 0.478 e. The van der Waals surface area contributed by atoms with Crippen molar-refractivity contribution in [3.63, 3.8) is 0 Å². The molecule has 0 spiro atoms. The third-order valence-electron chi connectivity index (χ3n) is 10.7. The first-order valence-electron chi connectivity index (χ1n) is 20.6. The lowest BCUT2D eigenvalue weighted by Gasteiger charge is -2.31. The van der Waals surface area contributed by atoms with Gasteiger partial charge >= 0.3 is 18.3 Å². The highest BCUT2D eigenvalue weighted by atomic mass is 19.4. The van der Waals surface area contributed by atoms with Gasteiger partial charge in [0.05, 0.1) is 28.1 Å². The van der Waals surface area contributed by atoms with E-state index in [1.165, 1.54) is 80.6 Å². The van der Waals surface area contributed by atoms with Crippen LogP contribution in [-0.2, 0) is 12.4 Å². The van der Waals surface area contributed by atoms with E-state index >= 15 is 0 Å². The number of hydrogen-bond acceptors (Lipinski definition) is 10. The fourth-order valence-electron chi connectivity index (χ4n) is 7.13. The molecule has 4 aromatic carbocycles. The molecular formula is C47H47F6N7O6. The minimum absolute atomic E-state index is 0. The molecule has 8 rings (SSSR count). The first-order chi connectivity index (χ1) is 31.0. The van der Waals surface area contributed by atoms with E-state index in [-0.39, 0.29) is 34.4 Å². The molecule has 2 aliphatic rings. The summed E-state index contributed by atoms with van der Waals surface area (Å²) in [6.07, 6.45) is -0.637. The van der Waals surface area contributed by atoms with Gasteiger partial charge in [-0.1, -0.05) is 19.3 Å². The lowest BCUT2D eigenvalue weighted by atomic mass is 9.87. The predicted octanol–water partition coefficient (Wildman–Crippen LogP) is 10.4. The number of nitrogens with zero attached hydrogens (tertiary/aromatic N) is 5. The number of ether oxygens (including phenoxy) is 2. The van der Waals surface area contributed by atoms with Gasteiger partial charge in [-0.2, -0.15) is 36.5 Å². The van der Waals surface area contributed by atoms with Crippen molar-refractivity contribution in [2.45, 2.75) is 69.1 Å². The number of rotatable bonds is 8. The van der Waals surface area contributed by atoms with Crippen LogP contribution in [0, 0.1) is 0 Å². The smallest absolute Gasteiger partial charge is 0.416 e. The van der Waals surface area contributed by atoms with Crippen LogP contribution in [0.5, 0.6) is 23.0 Å². The average molecular weight is 920 g/mol. The number of aromatic nitrogens is 4. The van der Waals surface area contributed by atoms with Gasteiger partial charge in [0.25, 0.3) is 5.91 Å². The lowest BCUT2D eigenvalue weighted by molar-refractivity contribution is -0.138. The maximum Gasteiger partial charge on any atom is 0.416 e. The van der Waals surface area contributed by atoms with Crippen molar-refractivity contribution in [2.24, 2.45) is 0 Å². The van der Waals surface area contributed by atoms with Gasteiger partial charge in [-0.05, 0) is 147 Å². The van der Waals surface area contributed by atoms with Gasteiger partial charge in [-0.15, -0.1) is 10.2 Å². The number of carboxylic acids is 1. The zero-order valence-electron chi connectivity index (χ0n) is 35.3. The van der Waals surface area contributed by atoms with E-state index in [4.69, 9.17) is 26.0 Å². The molecule has 1 amide bonds. The van der Waals surface area contributed by atoms with Crippen LogP contribution in [0.25, 0.3) is 0 Å². The van der Waals surface area contributed by atoms with Crippen molar-refractivity contribution in [2.75, 3.05) is 24.6 Å². The number of nitrogens with two attached hydrogens (primary N) is 2. The summed E-state index contributed by atoms with van der Waals surface area (Å²) in [5, 5.41) is 24.8. The van der Waals surface area contributed by atoms with E-state index in [2.05, 4.69) is 20.4 Å². The molecule has 0 bridgehead atoms. The maximum atomic E-state index is 12.8. The Morgan fingerprint density at radius 1 is 0.515 bits per heavy atom. The molecule has 7 N–H and O–H groups in total. The number of halogens is 6. The molecule has 1 aliphatic carbocycles. The Morgan fingerprint density at radius 3 is 1.23 bits per heavy atom. The van der Waals surface area contributed by atoms with Crippen molar-refractivity contribution in [3.8, 4) is 23.0 Å². The fraction of sp³-hybridized carbons (Fsp3) is 0.277. The van der Waals surface area contributed by atoms with Crippen LogP contribution in [-0.4, -0.2) is 60.8 Å². The van der Waals surface area contributed by atoms with E-state index in [0.717, 1.165) is 48.5 Å². The van der Waals surface area contributed by atoms with Gasteiger partial charge in [-0.25, -0.2) is 4.79 Å².